The summed E-state index contributed by atoms with van der Waals surface area (Å²) in [6, 6.07) is 4.73. The third kappa shape index (κ3) is 7.66. The Balaban J connectivity index is 2.35. The van der Waals surface area contributed by atoms with Crippen molar-refractivity contribution in [2.24, 2.45) is 0 Å². The zero-order valence-corrected chi connectivity index (χ0v) is 15.1. The largest absolute Gasteiger partial charge is 0.444 e. The zero-order valence-electron chi connectivity index (χ0n) is 14.4. The normalized spacial score (nSPS) is 14.2. The summed E-state index contributed by atoms with van der Waals surface area (Å²) in [6.45, 7) is 10.1. The third-order valence-electron chi connectivity index (χ3n) is 3.23. The Morgan fingerprint density at radius 3 is 2.57 bits per heavy atom. The van der Waals surface area contributed by atoms with Gasteiger partial charge in [0.2, 0.25) is 0 Å². The first-order chi connectivity index (χ1) is 10.6. The lowest BCUT2D eigenvalue weighted by Crippen LogP contribution is -2.39. The fourth-order valence-electron chi connectivity index (χ4n) is 2.00. The van der Waals surface area contributed by atoms with Crippen molar-refractivity contribution < 1.29 is 13.9 Å². The van der Waals surface area contributed by atoms with Gasteiger partial charge in [0.25, 0.3) is 0 Å². The molecule has 0 heterocycles. The van der Waals surface area contributed by atoms with Crippen LogP contribution in [0.1, 0.15) is 52.6 Å². The standard InChI is InChI=1S/C17H26ClFN2O2/c1-11(21-16(22)23-17(3,4)5)8-9-20-12(2)13-6-7-15(19)14(18)10-13/h6-7,10-12,20H,8-9H2,1-5H3,(H,21,22). The molecule has 0 aromatic heterocycles. The molecule has 1 aromatic rings. The molecule has 1 rings (SSSR count). The van der Waals surface area contributed by atoms with Gasteiger partial charge in [-0.05, 0) is 65.3 Å². The van der Waals surface area contributed by atoms with Gasteiger partial charge in [-0.25, -0.2) is 9.18 Å². The second-order valence-corrected chi connectivity index (χ2v) is 7.09. The van der Waals surface area contributed by atoms with Crippen molar-refractivity contribution in [3.05, 3.63) is 34.6 Å². The highest BCUT2D eigenvalue weighted by molar-refractivity contribution is 6.30. The summed E-state index contributed by atoms with van der Waals surface area (Å²) in [5, 5.41) is 6.24. The minimum absolute atomic E-state index is 0.0126. The molecule has 0 bridgehead atoms. The van der Waals surface area contributed by atoms with Crippen LogP contribution in [0, 0.1) is 5.82 Å². The van der Waals surface area contributed by atoms with Gasteiger partial charge in [0, 0.05) is 12.1 Å². The number of hydrogen-bond acceptors (Lipinski definition) is 3. The fraction of sp³-hybridized carbons (Fsp3) is 0.588. The van der Waals surface area contributed by atoms with Gasteiger partial charge in [0.15, 0.2) is 0 Å². The number of hydrogen-bond donors (Lipinski definition) is 2. The molecule has 0 radical (unpaired) electrons. The maximum absolute atomic E-state index is 13.2. The highest BCUT2D eigenvalue weighted by Crippen LogP contribution is 2.20. The van der Waals surface area contributed by atoms with Crippen LogP contribution in [-0.4, -0.2) is 24.3 Å². The van der Waals surface area contributed by atoms with Gasteiger partial charge >= 0.3 is 6.09 Å². The highest BCUT2D eigenvalue weighted by Gasteiger charge is 2.17. The van der Waals surface area contributed by atoms with Gasteiger partial charge in [0.05, 0.1) is 5.02 Å². The second-order valence-electron chi connectivity index (χ2n) is 6.69. The number of alkyl carbamates (subject to hydrolysis) is 1. The summed E-state index contributed by atoms with van der Waals surface area (Å²) in [4.78, 5) is 11.7. The molecule has 6 heteroatoms. The molecular weight excluding hydrogens is 319 g/mol. The first-order valence-corrected chi connectivity index (χ1v) is 8.14. The van der Waals surface area contributed by atoms with E-state index in [1.54, 1.807) is 12.1 Å². The minimum Gasteiger partial charge on any atom is -0.444 e. The monoisotopic (exact) mass is 344 g/mol. The maximum Gasteiger partial charge on any atom is 0.407 e. The number of rotatable bonds is 6. The summed E-state index contributed by atoms with van der Waals surface area (Å²) in [5.74, 6) is -0.419. The van der Waals surface area contributed by atoms with E-state index in [0.29, 0.717) is 6.54 Å². The predicted octanol–water partition coefficient (Wildman–Crippen LogP) is 4.43. The first kappa shape index (κ1) is 19.7. The van der Waals surface area contributed by atoms with Crippen LogP contribution < -0.4 is 10.6 Å². The van der Waals surface area contributed by atoms with Crippen LogP contribution in [0.4, 0.5) is 9.18 Å². The van der Waals surface area contributed by atoms with Crippen LogP contribution in [0.2, 0.25) is 5.02 Å². The topological polar surface area (TPSA) is 50.4 Å². The van der Waals surface area contributed by atoms with Crippen LogP contribution in [0.3, 0.4) is 0 Å². The molecule has 0 aliphatic rings. The summed E-state index contributed by atoms with van der Waals surface area (Å²) < 4.78 is 18.4. The Bertz CT molecular complexity index is 532. The number of halogens is 2. The Hall–Kier alpha value is -1.33. The lowest BCUT2D eigenvalue weighted by Gasteiger charge is -2.22. The minimum atomic E-state index is -0.502. The van der Waals surface area contributed by atoms with Crippen LogP contribution in [0.15, 0.2) is 18.2 Å². The molecule has 2 atom stereocenters. The van der Waals surface area contributed by atoms with Gasteiger partial charge in [-0.2, -0.15) is 0 Å². The van der Waals surface area contributed by atoms with E-state index in [0.717, 1.165) is 12.0 Å². The number of carbonyl (C=O) groups is 1. The second kappa shape index (κ2) is 8.50. The maximum atomic E-state index is 13.2. The van der Waals surface area contributed by atoms with Crippen LogP contribution in [0.25, 0.3) is 0 Å². The summed E-state index contributed by atoms with van der Waals surface area (Å²) in [5.41, 5.74) is 0.419. The molecule has 1 aromatic carbocycles. The van der Waals surface area contributed by atoms with E-state index in [2.05, 4.69) is 10.6 Å². The Kier molecular flexibility index (Phi) is 7.29. The Morgan fingerprint density at radius 1 is 1.35 bits per heavy atom. The lowest BCUT2D eigenvalue weighted by molar-refractivity contribution is 0.0506. The summed E-state index contributed by atoms with van der Waals surface area (Å²) in [6.07, 6.45) is 0.335. The van der Waals surface area contributed by atoms with Crippen LogP contribution in [-0.2, 0) is 4.74 Å². The van der Waals surface area contributed by atoms with Crippen molar-refractivity contribution in [1.82, 2.24) is 10.6 Å². The fourth-order valence-corrected chi connectivity index (χ4v) is 2.19. The molecule has 0 aliphatic heterocycles. The van der Waals surface area contributed by atoms with Crippen molar-refractivity contribution in [3.8, 4) is 0 Å². The van der Waals surface area contributed by atoms with E-state index in [9.17, 15) is 9.18 Å². The van der Waals surface area contributed by atoms with Crippen molar-refractivity contribution in [3.63, 3.8) is 0 Å². The summed E-state index contributed by atoms with van der Waals surface area (Å²) >= 11 is 5.79. The zero-order chi connectivity index (χ0) is 17.6. The van der Waals surface area contributed by atoms with Crippen LogP contribution >= 0.6 is 11.6 Å². The predicted molar refractivity (Wildman–Crippen MR) is 91.3 cm³/mol. The quantitative estimate of drug-likeness (QED) is 0.802. The Labute approximate surface area is 142 Å². The van der Waals surface area contributed by atoms with Gasteiger partial charge < -0.3 is 15.4 Å². The van der Waals surface area contributed by atoms with Gasteiger partial charge in [-0.3, -0.25) is 0 Å². The van der Waals surface area contributed by atoms with E-state index in [1.165, 1.54) is 6.07 Å². The molecule has 23 heavy (non-hydrogen) atoms. The molecule has 130 valence electrons. The lowest BCUT2D eigenvalue weighted by atomic mass is 10.1. The Morgan fingerprint density at radius 2 is 2.00 bits per heavy atom. The van der Waals surface area contributed by atoms with E-state index in [-0.39, 0.29) is 17.1 Å². The highest BCUT2D eigenvalue weighted by atomic mass is 35.5. The first-order valence-electron chi connectivity index (χ1n) is 7.76. The van der Waals surface area contributed by atoms with E-state index < -0.39 is 17.5 Å². The number of benzene rings is 1. The molecule has 0 saturated heterocycles. The van der Waals surface area contributed by atoms with Crippen molar-refractivity contribution in [1.29, 1.82) is 0 Å². The van der Waals surface area contributed by atoms with Crippen molar-refractivity contribution >= 4 is 17.7 Å². The molecule has 0 fully saturated rings. The molecule has 0 saturated carbocycles. The average molecular weight is 345 g/mol. The molecule has 2 N–H and O–H groups in total. The average Bonchev–Trinajstić information content (AvgIpc) is 2.39. The number of nitrogens with one attached hydrogen (secondary N) is 2. The third-order valence-corrected chi connectivity index (χ3v) is 3.52. The number of amides is 1. The van der Waals surface area contributed by atoms with E-state index in [1.807, 2.05) is 34.6 Å². The van der Waals surface area contributed by atoms with E-state index >= 15 is 0 Å². The van der Waals surface area contributed by atoms with Gasteiger partial charge in [-0.15, -0.1) is 0 Å². The van der Waals surface area contributed by atoms with Gasteiger partial charge in [-0.1, -0.05) is 17.7 Å². The molecule has 4 nitrogen and oxygen atoms in total. The van der Waals surface area contributed by atoms with E-state index in [4.69, 9.17) is 16.3 Å². The SMILES string of the molecule is CC(CCNC(C)c1ccc(F)c(Cl)c1)NC(=O)OC(C)(C)C. The molecule has 1 amide bonds. The molecule has 2 unspecified atom stereocenters. The van der Waals surface area contributed by atoms with Crippen molar-refractivity contribution in [2.45, 2.75) is 58.7 Å². The number of carbonyl (C=O) groups excluding carboxylic acids is 1. The van der Waals surface area contributed by atoms with Crippen LogP contribution in [0.5, 0.6) is 0 Å². The van der Waals surface area contributed by atoms with Gasteiger partial charge in [0.1, 0.15) is 11.4 Å². The smallest absolute Gasteiger partial charge is 0.407 e. The van der Waals surface area contributed by atoms with Crippen molar-refractivity contribution in [2.75, 3.05) is 6.54 Å². The molecular formula is C17H26ClFN2O2. The molecule has 0 aliphatic carbocycles. The number of ether oxygens (including phenoxy) is 1. The molecule has 0 spiro atoms. The summed E-state index contributed by atoms with van der Waals surface area (Å²) in [7, 11) is 0.